The Bertz CT molecular complexity index is 527. The van der Waals surface area contributed by atoms with Crippen LogP contribution in [-0.2, 0) is 4.79 Å². The van der Waals surface area contributed by atoms with E-state index >= 15 is 0 Å². The van der Waals surface area contributed by atoms with E-state index in [1.807, 2.05) is 11.8 Å². The van der Waals surface area contributed by atoms with E-state index < -0.39 is 12.0 Å². The number of aliphatic carboxylic acids is 1. The summed E-state index contributed by atoms with van der Waals surface area (Å²) < 4.78 is 0. The number of thiol groups is 1. The third kappa shape index (κ3) is 2.53. The molecule has 0 fully saturated rings. The van der Waals surface area contributed by atoms with Crippen molar-refractivity contribution in [1.82, 2.24) is 0 Å². The normalized spacial score (nSPS) is 22.2. The third-order valence-electron chi connectivity index (χ3n) is 4.20. The summed E-state index contributed by atoms with van der Waals surface area (Å²) in [6, 6.07) is 5.74. The molecule has 2 unspecified atom stereocenters. The van der Waals surface area contributed by atoms with Crippen LogP contribution < -0.4 is 4.90 Å². The van der Waals surface area contributed by atoms with Gasteiger partial charge in [-0.25, -0.2) is 4.79 Å². The molecule has 1 aliphatic heterocycles. The summed E-state index contributed by atoms with van der Waals surface area (Å²) in [5, 5.41) is 9.53. The molecule has 1 aromatic rings. The van der Waals surface area contributed by atoms with E-state index in [9.17, 15) is 9.90 Å². The predicted molar refractivity (Wildman–Crippen MR) is 86.0 cm³/mol. The molecule has 0 spiro atoms. The molecule has 0 radical (unpaired) electrons. The monoisotopic (exact) mass is 293 g/mol. The first kappa shape index (κ1) is 15.2. The zero-order chi connectivity index (χ0) is 15.1. The van der Waals surface area contributed by atoms with E-state index in [-0.39, 0.29) is 5.54 Å². The van der Waals surface area contributed by atoms with Gasteiger partial charge in [-0.05, 0) is 50.3 Å². The van der Waals surface area contributed by atoms with Gasteiger partial charge in [-0.15, -0.1) is 0 Å². The van der Waals surface area contributed by atoms with Crippen LogP contribution in [0.15, 0.2) is 18.2 Å². The van der Waals surface area contributed by atoms with Crippen molar-refractivity contribution in [3.05, 3.63) is 29.3 Å². The Kier molecular flexibility index (Phi) is 4.05. The van der Waals surface area contributed by atoms with Gasteiger partial charge >= 0.3 is 5.97 Å². The van der Waals surface area contributed by atoms with E-state index in [0.29, 0.717) is 11.7 Å². The van der Waals surface area contributed by atoms with Gasteiger partial charge < -0.3 is 10.0 Å². The molecule has 1 heterocycles. The topological polar surface area (TPSA) is 40.5 Å². The maximum atomic E-state index is 11.6. The molecule has 20 heavy (non-hydrogen) atoms. The van der Waals surface area contributed by atoms with Crippen LogP contribution in [0.2, 0.25) is 0 Å². The number of benzene rings is 1. The Morgan fingerprint density at radius 2 is 2.20 bits per heavy atom. The van der Waals surface area contributed by atoms with Gasteiger partial charge in [0, 0.05) is 17.0 Å². The number of carboxylic acids is 1. The highest BCUT2D eigenvalue weighted by molar-refractivity contribution is 7.80. The van der Waals surface area contributed by atoms with Crippen molar-refractivity contribution >= 4 is 24.3 Å². The van der Waals surface area contributed by atoms with Gasteiger partial charge in [0.2, 0.25) is 0 Å². The molecule has 0 saturated heterocycles. The van der Waals surface area contributed by atoms with Crippen LogP contribution in [0, 0.1) is 6.92 Å². The molecule has 2 atom stereocenters. The molecule has 3 nitrogen and oxygen atoms in total. The van der Waals surface area contributed by atoms with Crippen LogP contribution in [-0.4, -0.2) is 28.4 Å². The molecule has 1 aromatic carbocycles. The lowest BCUT2D eigenvalue weighted by atomic mass is 9.79. The summed E-state index contributed by atoms with van der Waals surface area (Å²) >= 11 is 4.26. The average molecular weight is 293 g/mol. The number of aryl methyl sites for hydroxylation is 1. The molecule has 0 saturated carbocycles. The predicted octanol–water partition coefficient (Wildman–Crippen LogP) is 3.47. The minimum atomic E-state index is -0.810. The van der Waals surface area contributed by atoms with E-state index in [1.54, 1.807) is 0 Å². The van der Waals surface area contributed by atoms with Crippen molar-refractivity contribution < 1.29 is 9.90 Å². The largest absolute Gasteiger partial charge is 0.480 e. The third-order valence-corrected chi connectivity index (χ3v) is 4.55. The minimum absolute atomic E-state index is 0.188. The number of hydrogen-bond acceptors (Lipinski definition) is 3. The van der Waals surface area contributed by atoms with Crippen molar-refractivity contribution in [2.24, 2.45) is 0 Å². The second-order valence-electron chi connectivity index (χ2n) is 6.39. The highest BCUT2D eigenvalue weighted by Crippen LogP contribution is 2.44. The van der Waals surface area contributed by atoms with Gasteiger partial charge in [0.15, 0.2) is 0 Å². The summed E-state index contributed by atoms with van der Waals surface area (Å²) in [6.45, 7) is 8.49. The molecule has 4 heteroatoms. The van der Waals surface area contributed by atoms with Gasteiger partial charge in [-0.2, -0.15) is 12.6 Å². The first-order chi connectivity index (χ1) is 9.27. The SMILES string of the molecule is Cc1ccc2c(c1)N(C(CS)C(=O)O)C(C)(C)CC2C. The molecule has 2 rings (SSSR count). The van der Waals surface area contributed by atoms with Crippen molar-refractivity contribution in [3.63, 3.8) is 0 Å². The molecule has 0 bridgehead atoms. The standard InChI is InChI=1S/C16H23NO2S/c1-10-5-6-12-11(2)8-16(3,4)17(13(12)7-10)14(9-20)15(18)19/h5-7,11,14,20H,8-9H2,1-4H3,(H,18,19). The maximum absolute atomic E-state index is 11.6. The van der Waals surface area contributed by atoms with E-state index in [4.69, 9.17) is 0 Å². The highest BCUT2D eigenvalue weighted by atomic mass is 32.1. The fourth-order valence-corrected chi connectivity index (χ4v) is 3.74. The molecular weight excluding hydrogens is 270 g/mol. The number of anilines is 1. The Balaban J connectivity index is 2.61. The van der Waals surface area contributed by atoms with Gasteiger partial charge in [0.25, 0.3) is 0 Å². The number of carbonyl (C=O) groups is 1. The van der Waals surface area contributed by atoms with Crippen molar-refractivity contribution in [1.29, 1.82) is 0 Å². The lowest BCUT2D eigenvalue weighted by Gasteiger charge is -2.50. The van der Waals surface area contributed by atoms with E-state index in [2.05, 4.69) is 51.6 Å². The number of fused-ring (bicyclic) bond motifs is 1. The summed E-state index contributed by atoms with van der Waals surface area (Å²) in [5.74, 6) is -0.0677. The van der Waals surface area contributed by atoms with Crippen LogP contribution in [0.3, 0.4) is 0 Å². The van der Waals surface area contributed by atoms with Crippen LogP contribution in [0.25, 0.3) is 0 Å². The van der Waals surface area contributed by atoms with Crippen LogP contribution in [0.1, 0.15) is 44.2 Å². The Labute approximate surface area is 126 Å². The summed E-state index contributed by atoms with van der Waals surface area (Å²) in [7, 11) is 0. The van der Waals surface area contributed by atoms with Gasteiger partial charge in [-0.1, -0.05) is 19.1 Å². The zero-order valence-corrected chi connectivity index (χ0v) is 13.4. The first-order valence-electron chi connectivity index (χ1n) is 7.01. The lowest BCUT2D eigenvalue weighted by molar-refractivity contribution is -0.138. The molecule has 0 aromatic heterocycles. The number of nitrogens with zero attached hydrogens (tertiary/aromatic N) is 1. The Morgan fingerprint density at radius 3 is 2.75 bits per heavy atom. The summed E-state index contributed by atoms with van der Waals surface area (Å²) in [6.07, 6.45) is 0.945. The first-order valence-corrected chi connectivity index (χ1v) is 7.64. The maximum Gasteiger partial charge on any atom is 0.327 e. The van der Waals surface area contributed by atoms with E-state index in [1.165, 1.54) is 5.56 Å². The Morgan fingerprint density at radius 1 is 1.55 bits per heavy atom. The zero-order valence-electron chi connectivity index (χ0n) is 12.6. The molecule has 1 N–H and O–H groups in total. The van der Waals surface area contributed by atoms with Gasteiger partial charge in [-0.3, -0.25) is 0 Å². The molecule has 110 valence electrons. The molecule has 0 aliphatic carbocycles. The lowest BCUT2D eigenvalue weighted by Crippen LogP contribution is -2.57. The van der Waals surface area contributed by atoms with Crippen molar-refractivity contribution in [3.8, 4) is 0 Å². The van der Waals surface area contributed by atoms with Crippen LogP contribution in [0.4, 0.5) is 5.69 Å². The van der Waals surface area contributed by atoms with Crippen molar-refractivity contribution in [2.75, 3.05) is 10.7 Å². The van der Waals surface area contributed by atoms with Gasteiger partial charge in [0.1, 0.15) is 6.04 Å². The summed E-state index contributed by atoms with van der Waals surface area (Å²) in [4.78, 5) is 13.6. The van der Waals surface area contributed by atoms with Crippen LogP contribution in [0.5, 0.6) is 0 Å². The van der Waals surface area contributed by atoms with Gasteiger partial charge in [0.05, 0.1) is 0 Å². The second-order valence-corrected chi connectivity index (χ2v) is 6.75. The fourth-order valence-electron chi connectivity index (χ4n) is 3.42. The molecule has 1 aliphatic rings. The second kappa shape index (κ2) is 5.32. The fraction of sp³-hybridized carbons (Fsp3) is 0.562. The van der Waals surface area contributed by atoms with E-state index in [0.717, 1.165) is 17.7 Å². The van der Waals surface area contributed by atoms with Crippen LogP contribution >= 0.6 is 12.6 Å². The Hall–Kier alpha value is -1.16. The average Bonchev–Trinajstić information content (AvgIpc) is 2.32. The molecule has 0 amide bonds. The van der Waals surface area contributed by atoms with Crippen molar-refractivity contribution in [2.45, 2.75) is 51.6 Å². The minimum Gasteiger partial charge on any atom is -0.480 e. The summed E-state index contributed by atoms with van der Waals surface area (Å²) in [5.41, 5.74) is 3.26. The number of carboxylic acid groups (broad SMARTS) is 1. The number of rotatable bonds is 3. The molecular formula is C16H23NO2S. The quantitative estimate of drug-likeness (QED) is 0.838. The number of hydrogen-bond donors (Lipinski definition) is 2. The highest BCUT2D eigenvalue weighted by Gasteiger charge is 2.41. The smallest absolute Gasteiger partial charge is 0.327 e.